The summed E-state index contributed by atoms with van der Waals surface area (Å²) in [4.78, 5) is 14.0. The Morgan fingerprint density at radius 1 is 1.44 bits per heavy atom. The molecule has 2 rings (SSSR count). The van der Waals surface area contributed by atoms with E-state index in [1.807, 2.05) is 23.1 Å². The Balaban J connectivity index is 2.42. The molecule has 0 spiro atoms. The predicted molar refractivity (Wildman–Crippen MR) is 71.6 cm³/mol. The van der Waals surface area contributed by atoms with Gasteiger partial charge in [0, 0.05) is 13.1 Å². The lowest BCUT2D eigenvalue weighted by Crippen LogP contribution is -2.46. The largest absolute Gasteiger partial charge is 0.479 e. The van der Waals surface area contributed by atoms with Gasteiger partial charge in [-0.3, -0.25) is 4.79 Å². The molecule has 18 heavy (non-hydrogen) atoms. The number of ether oxygens (including phenoxy) is 1. The molecule has 0 aliphatic carbocycles. The number of hydrogen-bond acceptors (Lipinski definition) is 3. The molecule has 0 saturated carbocycles. The van der Waals surface area contributed by atoms with E-state index in [2.05, 4.69) is 13.8 Å². The van der Waals surface area contributed by atoms with Crippen molar-refractivity contribution in [3.63, 3.8) is 0 Å². The van der Waals surface area contributed by atoms with E-state index < -0.39 is 6.10 Å². The molecule has 98 valence electrons. The molecular formula is C14H20N2O2. The van der Waals surface area contributed by atoms with Crippen molar-refractivity contribution in [2.24, 2.45) is 11.7 Å². The normalized spacial score (nSPS) is 18.8. The molecule has 0 fully saturated rings. The quantitative estimate of drug-likeness (QED) is 0.889. The van der Waals surface area contributed by atoms with Crippen LogP contribution in [0.25, 0.3) is 0 Å². The summed E-state index contributed by atoms with van der Waals surface area (Å²) >= 11 is 0. The molecule has 1 aliphatic rings. The third-order valence-corrected chi connectivity index (χ3v) is 3.02. The van der Waals surface area contributed by atoms with Crippen LogP contribution in [0.3, 0.4) is 0 Å². The van der Waals surface area contributed by atoms with Gasteiger partial charge in [-0.15, -0.1) is 0 Å². The molecule has 0 saturated heterocycles. The van der Waals surface area contributed by atoms with E-state index in [9.17, 15) is 4.79 Å². The Hall–Kier alpha value is -1.55. The zero-order chi connectivity index (χ0) is 13.3. The van der Waals surface area contributed by atoms with E-state index in [4.69, 9.17) is 10.5 Å². The summed E-state index contributed by atoms with van der Waals surface area (Å²) in [7, 11) is 0. The highest BCUT2D eigenvalue weighted by molar-refractivity contribution is 5.99. The zero-order valence-electron chi connectivity index (χ0n) is 11.1. The number of benzene rings is 1. The fourth-order valence-corrected chi connectivity index (χ4v) is 2.13. The number of rotatable bonds is 3. The van der Waals surface area contributed by atoms with E-state index in [-0.39, 0.29) is 5.91 Å². The van der Waals surface area contributed by atoms with Crippen LogP contribution < -0.4 is 15.4 Å². The number of carbonyl (C=O) groups is 1. The second-order valence-corrected chi connectivity index (χ2v) is 5.11. The molecule has 0 bridgehead atoms. The highest BCUT2D eigenvalue weighted by atomic mass is 16.5. The van der Waals surface area contributed by atoms with Gasteiger partial charge in [0.1, 0.15) is 5.75 Å². The summed E-state index contributed by atoms with van der Waals surface area (Å²) in [6.07, 6.45) is -0.417. The minimum Gasteiger partial charge on any atom is -0.479 e. The highest BCUT2D eigenvalue weighted by Crippen LogP contribution is 2.35. The van der Waals surface area contributed by atoms with Gasteiger partial charge in [0.25, 0.3) is 5.91 Å². The summed E-state index contributed by atoms with van der Waals surface area (Å²) in [6.45, 7) is 7.15. The van der Waals surface area contributed by atoms with E-state index in [1.165, 1.54) is 0 Å². The fraction of sp³-hybridized carbons (Fsp3) is 0.500. The molecule has 2 N–H and O–H groups in total. The van der Waals surface area contributed by atoms with Gasteiger partial charge in [-0.25, -0.2) is 0 Å². The van der Waals surface area contributed by atoms with E-state index in [1.54, 1.807) is 6.92 Å². The number of carbonyl (C=O) groups excluding carboxylic acids is 1. The van der Waals surface area contributed by atoms with Gasteiger partial charge < -0.3 is 15.4 Å². The summed E-state index contributed by atoms with van der Waals surface area (Å²) in [5.41, 5.74) is 7.50. The molecule has 1 atom stereocenters. The maximum Gasteiger partial charge on any atom is 0.267 e. The number of nitrogens with two attached hydrogens (primary N) is 1. The molecule has 1 aromatic rings. The van der Waals surface area contributed by atoms with Crippen LogP contribution in [-0.2, 0) is 11.3 Å². The van der Waals surface area contributed by atoms with Gasteiger partial charge in [-0.2, -0.15) is 0 Å². The number of fused-ring (bicyclic) bond motifs is 1. The first-order chi connectivity index (χ1) is 8.52. The van der Waals surface area contributed by atoms with Gasteiger partial charge in [0.15, 0.2) is 6.10 Å². The minimum absolute atomic E-state index is 0.0189. The summed E-state index contributed by atoms with van der Waals surface area (Å²) in [5.74, 6) is 1.19. The number of anilines is 1. The molecule has 1 amide bonds. The maximum atomic E-state index is 12.2. The van der Waals surface area contributed by atoms with Crippen molar-refractivity contribution in [2.45, 2.75) is 33.4 Å². The van der Waals surface area contributed by atoms with E-state index in [0.717, 1.165) is 17.0 Å². The fourth-order valence-electron chi connectivity index (χ4n) is 2.13. The SMILES string of the molecule is CC(C)CN1C(=O)C(C)Oc2ccc(CN)cc21. The minimum atomic E-state index is -0.417. The molecule has 4 nitrogen and oxygen atoms in total. The summed E-state index contributed by atoms with van der Waals surface area (Å²) in [5, 5.41) is 0. The first-order valence-electron chi connectivity index (χ1n) is 6.34. The van der Waals surface area contributed by atoms with Crippen molar-refractivity contribution in [3.05, 3.63) is 23.8 Å². The molecule has 0 aromatic heterocycles. The van der Waals surface area contributed by atoms with E-state index >= 15 is 0 Å². The highest BCUT2D eigenvalue weighted by Gasteiger charge is 2.31. The Morgan fingerprint density at radius 3 is 2.78 bits per heavy atom. The standard InChI is InChI=1S/C14H20N2O2/c1-9(2)8-16-12-6-11(7-15)4-5-13(12)18-10(3)14(16)17/h4-6,9-10H,7-8,15H2,1-3H3. The third kappa shape index (κ3) is 2.34. The molecule has 1 aromatic carbocycles. The number of amides is 1. The van der Waals surface area contributed by atoms with Crippen molar-refractivity contribution in [3.8, 4) is 5.75 Å². The van der Waals surface area contributed by atoms with Crippen LogP contribution in [0.2, 0.25) is 0 Å². The van der Waals surface area contributed by atoms with Gasteiger partial charge >= 0.3 is 0 Å². The Labute approximate surface area is 108 Å². The zero-order valence-corrected chi connectivity index (χ0v) is 11.1. The van der Waals surface area contributed by atoms with Crippen LogP contribution in [-0.4, -0.2) is 18.6 Å². The number of nitrogens with zero attached hydrogens (tertiary/aromatic N) is 1. The van der Waals surface area contributed by atoms with Crippen molar-refractivity contribution < 1.29 is 9.53 Å². The van der Waals surface area contributed by atoms with Gasteiger partial charge in [0.05, 0.1) is 5.69 Å². The van der Waals surface area contributed by atoms with Crippen LogP contribution in [0.1, 0.15) is 26.3 Å². The molecule has 1 aliphatic heterocycles. The van der Waals surface area contributed by atoms with Crippen molar-refractivity contribution in [1.82, 2.24) is 0 Å². The van der Waals surface area contributed by atoms with Gasteiger partial charge in [-0.1, -0.05) is 19.9 Å². The van der Waals surface area contributed by atoms with Crippen LogP contribution >= 0.6 is 0 Å². The Morgan fingerprint density at radius 2 is 2.17 bits per heavy atom. The summed E-state index contributed by atoms with van der Waals surface area (Å²) < 4.78 is 5.62. The molecule has 0 radical (unpaired) electrons. The first kappa shape index (κ1) is 12.9. The molecule has 1 heterocycles. The van der Waals surface area contributed by atoms with Crippen LogP contribution in [0.4, 0.5) is 5.69 Å². The lowest BCUT2D eigenvalue weighted by molar-refractivity contribution is -0.125. The lowest BCUT2D eigenvalue weighted by atomic mass is 10.1. The van der Waals surface area contributed by atoms with Gasteiger partial charge in [0.2, 0.25) is 0 Å². The molecule has 1 unspecified atom stereocenters. The van der Waals surface area contributed by atoms with Gasteiger partial charge in [-0.05, 0) is 30.5 Å². The first-order valence-corrected chi connectivity index (χ1v) is 6.34. The maximum absolute atomic E-state index is 12.2. The van der Waals surface area contributed by atoms with Crippen molar-refractivity contribution in [2.75, 3.05) is 11.4 Å². The third-order valence-electron chi connectivity index (χ3n) is 3.02. The molecular weight excluding hydrogens is 228 g/mol. The topological polar surface area (TPSA) is 55.6 Å². The monoisotopic (exact) mass is 248 g/mol. The smallest absolute Gasteiger partial charge is 0.267 e. The average molecular weight is 248 g/mol. The van der Waals surface area contributed by atoms with Crippen LogP contribution in [0, 0.1) is 5.92 Å². The average Bonchev–Trinajstić information content (AvgIpc) is 2.34. The summed E-state index contributed by atoms with van der Waals surface area (Å²) in [6, 6.07) is 5.78. The van der Waals surface area contributed by atoms with Crippen molar-refractivity contribution >= 4 is 11.6 Å². The van der Waals surface area contributed by atoms with E-state index in [0.29, 0.717) is 19.0 Å². The lowest BCUT2D eigenvalue weighted by Gasteiger charge is -2.34. The Bertz CT molecular complexity index is 457. The van der Waals surface area contributed by atoms with Crippen LogP contribution in [0.15, 0.2) is 18.2 Å². The molecule has 4 heteroatoms. The number of hydrogen-bond donors (Lipinski definition) is 1. The Kier molecular flexibility index (Phi) is 3.57. The predicted octanol–water partition coefficient (Wildman–Crippen LogP) is 1.92. The van der Waals surface area contributed by atoms with Crippen molar-refractivity contribution in [1.29, 1.82) is 0 Å². The second-order valence-electron chi connectivity index (χ2n) is 5.11. The second kappa shape index (κ2) is 4.98. The van der Waals surface area contributed by atoms with Crippen LogP contribution in [0.5, 0.6) is 5.75 Å².